The van der Waals surface area contributed by atoms with E-state index in [1.807, 2.05) is 0 Å². The number of carbonyl (C=O) groups excluding carboxylic acids is 1. The molecule has 0 saturated carbocycles. The Kier molecular flexibility index (Phi) is 6.01. The van der Waals surface area contributed by atoms with E-state index in [0.717, 1.165) is 0 Å². The first kappa shape index (κ1) is 15.2. The van der Waals surface area contributed by atoms with Gasteiger partial charge in [0.05, 0.1) is 12.6 Å². The van der Waals surface area contributed by atoms with Crippen LogP contribution in [0.5, 0.6) is 5.75 Å². The Morgan fingerprint density at radius 2 is 2.11 bits per heavy atom. The van der Waals surface area contributed by atoms with Crippen molar-refractivity contribution in [3.8, 4) is 5.75 Å². The Labute approximate surface area is 109 Å². The molecule has 0 aliphatic carbocycles. The molecule has 1 aromatic rings. The zero-order chi connectivity index (χ0) is 14.3. The standard InChI is InChI=1S/C12H15F2NO4/c1-8(15-12(17)18-7-6-16)9-4-2-3-5-10(9)19-11(13)14/h2-5,8,11,16H,6-7H2,1H3,(H,15,17). The summed E-state index contributed by atoms with van der Waals surface area (Å²) in [6.07, 6.45) is -0.742. The third-order valence-electron chi connectivity index (χ3n) is 2.26. The molecule has 0 aliphatic rings. The van der Waals surface area contributed by atoms with Gasteiger partial charge in [-0.2, -0.15) is 8.78 Å². The van der Waals surface area contributed by atoms with E-state index in [1.54, 1.807) is 25.1 Å². The molecule has 0 fully saturated rings. The average molecular weight is 275 g/mol. The SMILES string of the molecule is CC(NC(=O)OCCO)c1ccccc1OC(F)F. The van der Waals surface area contributed by atoms with Crippen molar-refractivity contribution in [1.82, 2.24) is 5.32 Å². The van der Waals surface area contributed by atoms with Gasteiger partial charge in [0, 0.05) is 5.56 Å². The quantitative estimate of drug-likeness (QED) is 0.834. The molecule has 0 heterocycles. The Balaban J connectivity index is 2.70. The second kappa shape index (κ2) is 7.52. The van der Waals surface area contributed by atoms with Gasteiger partial charge in [0.25, 0.3) is 0 Å². The van der Waals surface area contributed by atoms with Gasteiger partial charge in [-0.05, 0) is 13.0 Å². The summed E-state index contributed by atoms with van der Waals surface area (Å²) in [5, 5.41) is 10.9. The van der Waals surface area contributed by atoms with Crippen molar-refractivity contribution in [2.24, 2.45) is 0 Å². The Hall–Kier alpha value is -1.89. The summed E-state index contributed by atoms with van der Waals surface area (Å²) in [5.74, 6) is -0.00698. The fourth-order valence-electron chi connectivity index (χ4n) is 1.48. The van der Waals surface area contributed by atoms with Gasteiger partial charge in [0.15, 0.2) is 0 Å². The summed E-state index contributed by atoms with van der Waals surface area (Å²) in [6.45, 7) is -1.75. The second-order valence-electron chi connectivity index (χ2n) is 3.64. The van der Waals surface area contributed by atoms with Crippen molar-refractivity contribution < 1.29 is 28.2 Å². The molecule has 1 aromatic carbocycles. The van der Waals surface area contributed by atoms with Crippen molar-refractivity contribution in [2.75, 3.05) is 13.2 Å². The molecule has 2 N–H and O–H groups in total. The predicted molar refractivity (Wildman–Crippen MR) is 63.1 cm³/mol. The zero-order valence-electron chi connectivity index (χ0n) is 10.3. The Bertz CT molecular complexity index is 414. The van der Waals surface area contributed by atoms with Crippen LogP contribution in [0, 0.1) is 0 Å². The van der Waals surface area contributed by atoms with Crippen LogP contribution >= 0.6 is 0 Å². The molecule has 0 saturated heterocycles. The summed E-state index contributed by atoms with van der Waals surface area (Å²) >= 11 is 0. The fourth-order valence-corrected chi connectivity index (χ4v) is 1.48. The smallest absolute Gasteiger partial charge is 0.407 e. The molecule has 0 spiro atoms. The maximum Gasteiger partial charge on any atom is 0.407 e. The van der Waals surface area contributed by atoms with Gasteiger partial charge in [-0.3, -0.25) is 0 Å². The molecule has 0 aromatic heterocycles. The summed E-state index contributed by atoms with van der Waals surface area (Å²) in [7, 11) is 0. The van der Waals surface area contributed by atoms with E-state index in [-0.39, 0.29) is 19.0 Å². The van der Waals surface area contributed by atoms with Gasteiger partial charge in [-0.1, -0.05) is 18.2 Å². The van der Waals surface area contributed by atoms with Gasteiger partial charge in [-0.15, -0.1) is 0 Å². The minimum atomic E-state index is -2.94. The largest absolute Gasteiger partial charge is 0.447 e. The van der Waals surface area contributed by atoms with Gasteiger partial charge in [0.2, 0.25) is 0 Å². The van der Waals surface area contributed by atoms with Crippen molar-refractivity contribution >= 4 is 6.09 Å². The molecule has 0 radical (unpaired) electrons. The Morgan fingerprint density at radius 1 is 1.42 bits per heavy atom. The number of para-hydroxylation sites is 1. The summed E-state index contributed by atoms with van der Waals surface area (Å²) in [5.41, 5.74) is 0.406. The lowest BCUT2D eigenvalue weighted by Crippen LogP contribution is -2.28. The summed E-state index contributed by atoms with van der Waals surface area (Å²) in [4.78, 5) is 11.3. The molecule has 1 unspecified atom stereocenters. The second-order valence-corrected chi connectivity index (χ2v) is 3.64. The fraction of sp³-hybridized carbons (Fsp3) is 0.417. The molecular formula is C12H15F2NO4. The number of hydrogen-bond acceptors (Lipinski definition) is 4. The van der Waals surface area contributed by atoms with Crippen LogP contribution in [-0.4, -0.2) is 31.0 Å². The van der Waals surface area contributed by atoms with Gasteiger partial charge in [-0.25, -0.2) is 4.79 Å². The molecule has 106 valence electrons. The molecule has 0 aliphatic heterocycles. The highest BCUT2D eigenvalue weighted by atomic mass is 19.3. The van der Waals surface area contributed by atoms with E-state index < -0.39 is 18.7 Å². The van der Waals surface area contributed by atoms with E-state index in [1.165, 1.54) is 6.07 Å². The van der Waals surface area contributed by atoms with Crippen LogP contribution in [0.4, 0.5) is 13.6 Å². The number of benzene rings is 1. The van der Waals surface area contributed by atoms with Crippen LogP contribution in [0.3, 0.4) is 0 Å². The van der Waals surface area contributed by atoms with Crippen LogP contribution in [0.15, 0.2) is 24.3 Å². The first-order chi connectivity index (χ1) is 9.04. The van der Waals surface area contributed by atoms with Gasteiger partial charge in [0.1, 0.15) is 12.4 Å². The number of halogens is 2. The van der Waals surface area contributed by atoms with Crippen molar-refractivity contribution in [1.29, 1.82) is 0 Å². The van der Waals surface area contributed by atoms with Gasteiger partial charge < -0.3 is 19.9 Å². The molecular weight excluding hydrogens is 260 g/mol. The molecule has 0 bridgehead atoms. The lowest BCUT2D eigenvalue weighted by molar-refractivity contribution is -0.0506. The van der Waals surface area contributed by atoms with E-state index in [9.17, 15) is 13.6 Å². The zero-order valence-corrected chi connectivity index (χ0v) is 10.3. The first-order valence-corrected chi connectivity index (χ1v) is 5.62. The lowest BCUT2D eigenvalue weighted by Gasteiger charge is -2.17. The van der Waals surface area contributed by atoms with Crippen LogP contribution in [-0.2, 0) is 4.74 Å². The maximum atomic E-state index is 12.2. The average Bonchev–Trinajstić information content (AvgIpc) is 2.36. The molecule has 7 heteroatoms. The van der Waals surface area contributed by atoms with Crippen LogP contribution in [0.1, 0.15) is 18.5 Å². The molecule has 1 rings (SSSR count). The third kappa shape index (κ3) is 5.09. The lowest BCUT2D eigenvalue weighted by atomic mass is 10.1. The van der Waals surface area contributed by atoms with Crippen LogP contribution in [0.25, 0.3) is 0 Å². The summed E-state index contributed by atoms with van der Waals surface area (Å²) in [6, 6.07) is 5.58. The molecule has 19 heavy (non-hydrogen) atoms. The number of alkyl halides is 2. The van der Waals surface area contributed by atoms with Crippen LogP contribution in [0.2, 0.25) is 0 Å². The first-order valence-electron chi connectivity index (χ1n) is 5.62. The summed E-state index contributed by atoms with van der Waals surface area (Å²) < 4.78 is 33.4. The normalized spacial score (nSPS) is 12.1. The van der Waals surface area contributed by atoms with Gasteiger partial charge >= 0.3 is 12.7 Å². The number of amides is 1. The number of rotatable bonds is 6. The highest BCUT2D eigenvalue weighted by molar-refractivity contribution is 5.68. The van der Waals surface area contributed by atoms with E-state index >= 15 is 0 Å². The monoisotopic (exact) mass is 275 g/mol. The highest BCUT2D eigenvalue weighted by Gasteiger charge is 2.16. The molecule has 1 amide bonds. The number of alkyl carbamates (subject to hydrolysis) is 1. The van der Waals surface area contributed by atoms with Crippen LogP contribution < -0.4 is 10.1 Å². The number of aliphatic hydroxyl groups is 1. The number of aliphatic hydroxyl groups excluding tert-OH is 1. The predicted octanol–water partition coefficient (Wildman–Crippen LogP) is 2.07. The van der Waals surface area contributed by atoms with Crippen molar-refractivity contribution in [3.63, 3.8) is 0 Å². The minimum Gasteiger partial charge on any atom is -0.447 e. The number of hydrogen-bond donors (Lipinski definition) is 2. The third-order valence-corrected chi connectivity index (χ3v) is 2.26. The Morgan fingerprint density at radius 3 is 2.74 bits per heavy atom. The molecule has 5 nitrogen and oxygen atoms in total. The van der Waals surface area contributed by atoms with E-state index in [2.05, 4.69) is 14.8 Å². The number of nitrogens with one attached hydrogen (secondary N) is 1. The molecule has 1 atom stereocenters. The van der Waals surface area contributed by atoms with E-state index in [4.69, 9.17) is 5.11 Å². The number of carbonyl (C=O) groups is 1. The van der Waals surface area contributed by atoms with Crippen molar-refractivity contribution in [3.05, 3.63) is 29.8 Å². The maximum absolute atomic E-state index is 12.2. The van der Waals surface area contributed by atoms with Crippen molar-refractivity contribution in [2.45, 2.75) is 19.6 Å². The topological polar surface area (TPSA) is 67.8 Å². The van der Waals surface area contributed by atoms with E-state index in [0.29, 0.717) is 5.56 Å². The highest BCUT2D eigenvalue weighted by Crippen LogP contribution is 2.26. The number of ether oxygens (including phenoxy) is 2. The minimum absolute atomic E-state index is 0.00698.